The Labute approximate surface area is 106 Å². The Bertz CT molecular complexity index is 396. The van der Waals surface area contributed by atoms with Crippen LogP contribution in [-0.2, 0) is 4.74 Å². The fourth-order valence-electron chi connectivity index (χ4n) is 2.15. The van der Waals surface area contributed by atoms with Crippen molar-refractivity contribution in [2.45, 2.75) is 12.8 Å². The van der Waals surface area contributed by atoms with Crippen LogP contribution in [0.3, 0.4) is 0 Å². The maximum Gasteiger partial charge on any atom is 0.224 e. The van der Waals surface area contributed by atoms with Crippen LogP contribution in [0.5, 0.6) is 0 Å². The summed E-state index contributed by atoms with van der Waals surface area (Å²) in [4.78, 5) is 9.85. The number of hydrogen-bond donors (Lipinski definition) is 1. The van der Waals surface area contributed by atoms with Gasteiger partial charge in [-0.1, -0.05) is 0 Å². The van der Waals surface area contributed by atoms with E-state index in [4.69, 9.17) is 4.74 Å². The van der Waals surface area contributed by atoms with Gasteiger partial charge in [-0.2, -0.15) is 4.98 Å². The molecule has 1 aromatic rings. The summed E-state index contributed by atoms with van der Waals surface area (Å²) in [5, 5.41) is 2.82. The van der Waals surface area contributed by atoms with E-state index >= 15 is 0 Å². The summed E-state index contributed by atoms with van der Waals surface area (Å²) < 4.78 is 19.0. The van der Waals surface area contributed by atoms with Gasteiger partial charge in [0.25, 0.3) is 0 Å². The minimum atomic E-state index is -0.386. The van der Waals surface area contributed by atoms with Crippen LogP contribution < -0.4 is 10.2 Å². The molecule has 1 N–H and O–H groups in total. The van der Waals surface area contributed by atoms with Crippen molar-refractivity contribution in [1.82, 2.24) is 9.97 Å². The summed E-state index contributed by atoms with van der Waals surface area (Å²) in [6.07, 6.45) is 3.25. The zero-order valence-corrected chi connectivity index (χ0v) is 10.8. The Hall–Kier alpha value is -1.43. The van der Waals surface area contributed by atoms with Crippen molar-refractivity contribution in [1.29, 1.82) is 0 Å². The first kappa shape index (κ1) is 13.0. The van der Waals surface area contributed by atoms with Crippen molar-refractivity contribution >= 4 is 11.8 Å². The second kappa shape index (κ2) is 5.95. The van der Waals surface area contributed by atoms with Gasteiger partial charge in [0.05, 0.1) is 6.20 Å². The average molecular weight is 254 g/mol. The van der Waals surface area contributed by atoms with Crippen LogP contribution in [0.15, 0.2) is 6.20 Å². The van der Waals surface area contributed by atoms with Crippen LogP contribution in [0.25, 0.3) is 0 Å². The van der Waals surface area contributed by atoms with Crippen molar-refractivity contribution < 1.29 is 9.13 Å². The molecule has 0 bridgehead atoms. The van der Waals surface area contributed by atoms with Gasteiger partial charge >= 0.3 is 0 Å². The van der Waals surface area contributed by atoms with Crippen molar-refractivity contribution in [2.24, 2.45) is 5.92 Å². The van der Waals surface area contributed by atoms with E-state index in [1.807, 2.05) is 11.9 Å². The molecule has 0 spiro atoms. The van der Waals surface area contributed by atoms with Crippen LogP contribution in [0, 0.1) is 11.7 Å². The highest BCUT2D eigenvalue weighted by Gasteiger charge is 2.18. The average Bonchev–Trinajstić information content (AvgIpc) is 2.40. The second-order valence-corrected chi connectivity index (χ2v) is 4.55. The molecule has 1 aliphatic heterocycles. The van der Waals surface area contributed by atoms with E-state index in [0.29, 0.717) is 17.7 Å². The van der Waals surface area contributed by atoms with Crippen molar-refractivity contribution in [3.8, 4) is 0 Å². The van der Waals surface area contributed by atoms with E-state index in [1.54, 1.807) is 7.05 Å². The van der Waals surface area contributed by atoms with E-state index in [-0.39, 0.29) is 5.82 Å². The van der Waals surface area contributed by atoms with E-state index < -0.39 is 0 Å². The molecule has 2 heterocycles. The minimum absolute atomic E-state index is 0.348. The number of hydrogen-bond acceptors (Lipinski definition) is 5. The molecular formula is C12H19FN4O. The summed E-state index contributed by atoms with van der Waals surface area (Å²) in [6.45, 7) is 2.39. The lowest BCUT2D eigenvalue weighted by Gasteiger charge is -2.27. The number of ether oxygens (including phenoxy) is 1. The summed E-state index contributed by atoms with van der Waals surface area (Å²) in [7, 11) is 3.58. The molecule has 0 unspecified atom stereocenters. The Balaban J connectivity index is 2.04. The number of rotatable bonds is 4. The zero-order valence-electron chi connectivity index (χ0n) is 10.8. The smallest absolute Gasteiger partial charge is 0.224 e. The molecule has 1 aromatic heterocycles. The van der Waals surface area contributed by atoms with Crippen LogP contribution >= 0.6 is 0 Å². The third-order valence-electron chi connectivity index (χ3n) is 3.18. The van der Waals surface area contributed by atoms with Gasteiger partial charge in [0.1, 0.15) is 0 Å². The fraction of sp³-hybridized carbons (Fsp3) is 0.667. The van der Waals surface area contributed by atoms with Gasteiger partial charge in [-0.15, -0.1) is 0 Å². The van der Waals surface area contributed by atoms with Gasteiger partial charge in [-0.3, -0.25) is 0 Å². The molecule has 6 heteroatoms. The van der Waals surface area contributed by atoms with Gasteiger partial charge in [0, 0.05) is 33.9 Å². The van der Waals surface area contributed by atoms with Gasteiger partial charge < -0.3 is 15.0 Å². The maximum atomic E-state index is 13.7. The van der Waals surface area contributed by atoms with Gasteiger partial charge in [-0.05, 0) is 18.8 Å². The van der Waals surface area contributed by atoms with E-state index in [0.717, 1.165) is 32.6 Å². The standard InChI is InChI=1S/C12H19FN4O/c1-14-12-15-7-10(13)11(16-12)17(2)8-9-3-5-18-6-4-9/h7,9H,3-6,8H2,1-2H3,(H,14,15,16). The predicted molar refractivity (Wildman–Crippen MR) is 68.3 cm³/mol. The molecule has 2 rings (SSSR count). The predicted octanol–water partition coefficient (Wildman–Crippen LogP) is 1.52. The largest absolute Gasteiger partial charge is 0.381 e. The first-order chi connectivity index (χ1) is 8.70. The van der Waals surface area contributed by atoms with Crippen molar-refractivity contribution in [3.05, 3.63) is 12.0 Å². The first-order valence-corrected chi connectivity index (χ1v) is 6.20. The first-order valence-electron chi connectivity index (χ1n) is 6.20. The second-order valence-electron chi connectivity index (χ2n) is 4.55. The molecule has 0 aromatic carbocycles. The molecule has 1 saturated heterocycles. The molecule has 0 radical (unpaired) electrons. The zero-order chi connectivity index (χ0) is 13.0. The molecule has 0 aliphatic carbocycles. The summed E-state index contributed by atoms with van der Waals surface area (Å²) in [5.74, 6) is 0.936. The van der Waals surface area contributed by atoms with Crippen LogP contribution in [0.4, 0.5) is 16.2 Å². The molecule has 0 saturated carbocycles. The van der Waals surface area contributed by atoms with Crippen molar-refractivity contribution in [2.75, 3.05) is 44.1 Å². The molecule has 0 amide bonds. The minimum Gasteiger partial charge on any atom is -0.381 e. The molecule has 0 atom stereocenters. The molecule has 5 nitrogen and oxygen atoms in total. The summed E-state index contributed by atoms with van der Waals surface area (Å²) in [6, 6.07) is 0. The van der Waals surface area contributed by atoms with Crippen LogP contribution in [0.2, 0.25) is 0 Å². The number of halogens is 1. The number of anilines is 2. The van der Waals surface area contributed by atoms with Crippen LogP contribution in [0.1, 0.15) is 12.8 Å². The van der Waals surface area contributed by atoms with Crippen LogP contribution in [-0.4, -0.2) is 43.8 Å². The monoisotopic (exact) mass is 254 g/mol. The lowest BCUT2D eigenvalue weighted by atomic mass is 10.00. The third-order valence-corrected chi connectivity index (χ3v) is 3.18. The van der Waals surface area contributed by atoms with Gasteiger partial charge in [0.15, 0.2) is 11.6 Å². The molecule has 18 heavy (non-hydrogen) atoms. The quantitative estimate of drug-likeness (QED) is 0.883. The van der Waals surface area contributed by atoms with Gasteiger partial charge in [-0.25, -0.2) is 9.37 Å². The van der Waals surface area contributed by atoms with E-state index in [1.165, 1.54) is 6.20 Å². The molecule has 1 fully saturated rings. The Morgan fingerprint density at radius 1 is 1.50 bits per heavy atom. The summed E-state index contributed by atoms with van der Waals surface area (Å²) in [5.41, 5.74) is 0. The highest BCUT2D eigenvalue weighted by atomic mass is 19.1. The SMILES string of the molecule is CNc1ncc(F)c(N(C)CC2CCOCC2)n1. The number of nitrogens with zero attached hydrogens (tertiary/aromatic N) is 3. The Kier molecular flexibility index (Phi) is 4.30. The lowest BCUT2D eigenvalue weighted by Crippen LogP contribution is -2.30. The normalized spacial score (nSPS) is 16.6. The van der Waals surface area contributed by atoms with E-state index in [9.17, 15) is 4.39 Å². The highest BCUT2D eigenvalue weighted by Crippen LogP contribution is 2.21. The molecule has 1 aliphatic rings. The summed E-state index contributed by atoms with van der Waals surface area (Å²) >= 11 is 0. The topological polar surface area (TPSA) is 50.3 Å². The lowest BCUT2D eigenvalue weighted by molar-refractivity contribution is 0.0684. The van der Waals surface area contributed by atoms with Crippen molar-refractivity contribution in [3.63, 3.8) is 0 Å². The Morgan fingerprint density at radius 3 is 2.89 bits per heavy atom. The van der Waals surface area contributed by atoms with Gasteiger partial charge in [0.2, 0.25) is 5.95 Å². The highest BCUT2D eigenvalue weighted by molar-refractivity contribution is 5.42. The van der Waals surface area contributed by atoms with E-state index in [2.05, 4.69) is 15.3 Å². The number of nitrogens with one attached hydrogen (secondary N) is 1. The number of aromatic nitrogens is 2. The third kappa shape index (κ3) is 3.07. The molecular weight excluding hydrogens is 235 g/mol. The maximum absolute atomic E-state index is 13.7. The molecule has 100 valence electrons. The Morgan fingerprint density at radius 2 is 2.22 bits per heavy atom. The fourth-order valence-corrected chi connectivity index (χ4v) is 2.15.